The Morgan fingerprint density at radius 1 is 1.23 bits per heavy atom. The molecule has 1 aromatic heterocycles. The summed E-state index contributed by atoms with van der Waals surface area (Å²) in [5.74, 6) is 0.254. The SMILES string of the molecule is CS(=O)(=O)c1cccnc1CN=C(N)Nc1cccc2c1CCCC2.I. The van der Waals surface area contributed by atoms with Crippen molar-refractivity contribution in [1.29, 1.82) is 0 Å². The van der Waals surface area contributed by atoms with E-state index in [1.807, 2.05) is 12.1 Å². The van der Waals surface area contributed by atoms with Gasteiger partial charge in [-0.05, 0) is 55.0 Å². The molecule has 6 nitrogen and oxygen atoms in total. The number of guanidine groups is 1. The van der Waals surface area contributed by atoms with Crippen molar-refractivity contribution in [2.45, 2.75) is 37.1 Å². The molecule has 0 saturated carbocycles. The molecule has 0 aliphatic heterocycles. The summed E-state index contributed by atoms with van der Waals surface area (Å²) in [5.41, 5.74) is 10.0. The lowest BCUT2D eigenvalue weighted by molar-refractivity contribution is 0.600. The number of rotatable bonds is 4. The van der Waals surface area contributed by atoms with E-state index in [1.165, 1.54) is 30.0 Å². The lowest BCUT2D eigenvalue weighted by atomic mass is 9.90. The molecule has 0 amide bonds. The lowest BCUT2D eigenvalue weighted by Gasteiger charge is -2.19. The molecule has 3 N–H and O–H groups in total. The second kappa shape index (κ2) is 8.81. The largest absolute Gasteiger partial charge is 0.370 e. The van der Waals surface area contributed by atoms with Crippen LogP contribution in [0.2, 0.25) is 0 Å². The van der Waals surface area contributed by atoms with Crippen molar-refractivity contribution < 1.29 is 8.42 Å². The summed E-state index contributed by atoms with van der Waals surface area (Å²) in [6.07, 6.45) is 7.23. The number of hydrogen-bond acceptors (Lipinski definition) is 4. The number of nitrogens with zero attached hydrogens (tertiary/aromatic N) is 2. The summed E-state index contributed by atoms with van der Waals surface area (Å²) >= 11 is 0. The van der Waals surface area contributed by atoms with Crippen molar-refractivity contribution in [2.24, 2.45) is 10.7 Å². The van der Waals surface area contributed by atoms with Gasteiger partial charge >= 0.3 is 0 Å². The van der Waals surface area contributed by atoms with E-state index in [4.69, 9.17) is 5.73 Å². The van der Waals surface area contributed by atoms with E-state index < -0.39 is 9.84 Å². The third-order valence-electron chi connectivity index (χ3n) is 4.31. The number of aliphatic imine (C=N–C) groups is 1. The first kappa shape index (κ1) is 20.6. The van der Waals surface area contributed by atoms with Gasteiger partial charge in [-0.1, -0.05) is 12.1 Å². The minimum Gasteiger partial charge on any atom is -0.370 e. The molecule has 140 valence electrons. The third-order valence-corrected chi connectivity index (χ3v) is 5.48. The molecular weight excluding hydrogens is 463 g/mol. The minimum atomic E-state index is -3.35. The van der Waals surface area contributed by atoms with Gasteiger partial charge in [0, 0.05) is 18.1 Å². The zero-order chi connectivity index (χ0) is 17.9. The van der Waals surface area contributed by atoms with Crippen LogP contribution in [0.4, 0.5) is 5.69 Å². The number of nitrogens with two attached hydrogens (primary N) is 1. The Balaban J connectivity index is 0.00000243. The number of benzene rings is 1. The van der Waals surface area contributed by atoms with E-state index in [0.29, 0.717) is 5.69 Å². The molecule has 1 aromatic carbocycles. The van der Waals surface area contributed by atoms with Crippen molar-refractivity contribution in [1.82, 2.24) is 4.98 Å². The van der Waals surface area contributed by atoms with Crippen molar-refractivity contribution in [2.75, 3.05) is 11.6 Å². The van der Waals surface area contributed by atoms with Crippen LogP contribution in [0.25, 0.3) is 0 Å². The van der Waals surface area contributed by atoms with Gasteiger partial charge in [0.15, 0.2) is 15.8 Å². The number of anilines is 1. The second-order valence-electron chi connectivity index (χ2n) is 6.20. The number of nitrogens with one attached hydrogen (secondary N) is 1. The molecule has 1 aliphatic rings. The molecule has 0 radical (unpaired) electrons. The fraction of sp³-hybridized carbons (Fsp3) is 0.333. The highest BCUT2D eigenvalue weighted by molar-refractivity contribution is 14.0. The van der Waals surface area contributed by atoms with Gasteiger partial charge in [0.05, 0.1) is 17.1 Å². The van der Waals surface area contributed by atoms with Crippen LogP contribution in [0.15, 0.2) is 46.4 Å². The lowest BCUT2D eigenvalue weighted by Crippen LogP contribution is -2.24. The summed E-state index contributed by atoms with van der Waals surface area (Å²) in [7, 11) is -3.35. The maximum atomic E-state index is 11.8. The van der Waals surface area contributed by atoms with Crippen LogP contribution >= 0.6 is 24.0 Å². The molecule has 0 saturated heterocycles. The summed E-state index contributed by atoms with van der Waals surface area (Å²) in [6.45, 7) is 0.108. The molecule has 1 heterocycles. The summed E-state index contributed by atoms with van der Waals surface area (Å²) in [6, 6.07) is 9.29. The molecule has 0 bridgehead atoms. The van der Waals surface area contributed by atoms with E-state index >= 15 is 0 Å². The topological polar surface area (TPSA) is 97.4 Å². The number of fused-ring (bicyclic) bond motifs is 1. The van der Waals surface area contributed by atoms with E-state index in [0.717, 1.165) is 24.8 Å². The average Bonchev–Trinajstić information content (AvgIpc) is 2.60. The van der Waals surface area contributed by atoms with Crippen LogP contribution < -0.4 is 11.1 Å². The van der Waals surface area contributed by atoms with Gasteiger partial charge in [-0.2, -0.15) is 0 Å². The van der Waals surface area contributed by atoms with Crippen molar-refractivity contribution in [3.63, 3.8) is 0 Å². The number of aromatic nitrogens is 1. The molecule has 3 rings (SSSR count). The summed E-state index contributed by atoms with van der Waals surface area (Å²) in [5, 5.41) is 3.15. The Morgan fingerprint density at radius 2 is 2.00 bits per heavy atom. The molecule has 0 fully saturated rings. The van der Waals surface area contributed by atoms with E-state index in [2.05, 4.69) is 21.4 Å². The fourth-order valence-corrected chi connectivity index (χ4v) is 3.99. The first-order valence-corrected chi connectivity index (χ1v) is 10.2. The predicted octanol–water partition coefficient (Wildman–Crippen LogP) is 2.91. The Hall–Kier alpha value is -1.68. The molecular formula is C18H23IN4O2S. The number of pyridine rings is 1. The average molecular weight is 486 g/mol. The summed E-state index contributed by atoms with van der Waals surface area (Å²) < 4.78 is 23.6. The van der Waals surface area contributed by atoms with Crippen molar-refractivity contribution >= 4 is 45.5 Å². The fourth-order valence-electron chi connectivity index (χ4n) is 3.12. The first-order valence-electron chi connectivity index (χ1n) is 8.27. The Kier molecular flexibility index (Phi) is 6.99. The quantitative estimate of drug-likeness (QED) is 0.394. The molecule has 26 heavy (non-hydrogen) atoms. The van der Waals surface area contributed by atoms with E-state index in [9.17, 15) is 8.42 Å². The van der Waals surface area contributed by atoms with Gasteiger partial charge in [0.1, 0.15) is 0 Å². The smallest absolute Gasteiger partial charge is 0.193 e. The van der Waals surface area contributed by atoms with Gasteiger partial charge in [-0.25, -0.2) is 13.4 Å². The second-order valence-corrected chi connectivity index (χ2v) is 8.18. The Labute approximate surface area is 171 Å². The normalized spacial score (nSPS) is 14.3. The van der Waals surface area contributed by atoms with Crippen LogP contribution in [-0.2, 0) is 29.2 Å². The molecule has 8 heteroatoms. The number of sulfone groups is 1. The molecule has 0 unspecified atom stereocenters. The molecule has 1 aliphatic carbocycles. The monoisotopic (exact) mass is 486 g/mol. The molecule has 0 atom stereocenters. The molecule has 0 spiro atoms. The van der Waals surface area contributed by atoms with Crippen LogP contribution in [-0.4, -0.2) is 25.6 Å². The van der Waals surface area contributed by atoms with Crippen LogP contribution in [0.1, 0.15) is 29.7 Å². The Morgan fingerprint density at radius 3 is 2.77 bits per heavy atom. The Bertz CT molecular complexity index is 913. The highest BCUT2D eigenvalue weighted by Crippen LogP contribution is 2.27. The van der Waals surface area contributed by atoms with Gasteiger partial charge in [-0.15, -0.1) is 24.0 Å². The standard InChI is InChI=1S/C18H22N4O2S.HI/c1-25(23,24)17-10-5-11-20-16(17)12-21-18(19)22-15-9-4-7-13-6-2-3-8-14(13)15;/h4-5,7,9-11H,2-3,6,8,12H2,1H3,(H3,19,21,22);1H. The van der Waals surface area contributed by atoms with E-state index in [1.54, 1.807) is 12.3 Å². The highest BCUT2D eigenvalue weighted by atomic mass is 127. The number of aryl methyl sites for hydroxylation is 1. The number of halogens is 1. The zero-order valence-electron chi connectivity index (χ0n) is 14.6. The van der Waals surface area contributed by atoms with Crippen molar-refractivity contribution in [3.8, 4) is 0 Å². The third kappa shape index (κ3) is 4.94. The van der Waals surface area contributed by atoms with Gasteiger partial charge in [-0.3, -0.25) is 4.98 Å². The maximum absolute atomic E-state index is 11.8. The van der Waals surface area contributed by atoms with Crippen molar-refractivity contribution in [3.05, 3.63) is 53.3 Å². The van der Waals surface area contributed by atoms with Crippen LogP contribution in [0, 0.1) is 0 Å². The minimum absolute atomic E-state index is 0. The van der Waals surface area contributed by atoms with Gasteiger partial charge < -0.3 is 11.1 Å². The molecule has 2 aromatic rings. The maximum Gasteiger partial charge on any atom is 0.193 e. The first-order chi connectivity index (χ1) is 11.9. The number of hydrogen-bond donors (Lipinski definition) is 2. The highest BCUT2D eigenvalue weighted by Gasteiger charge is 2.15. The van der Waals surface area contributed by atoms with Gasteiger partial charge in [0.25, 0.3) is 0 Å². The van der Waals surface area contributed by atoms with E-state index in [-0.39, 0.29) is 41.4 Å². The predicted molar refractivity (Wildman–Crippen MR) is 115 cm³/mol. The van der Waals surface area contributed by atoms with Crippen LogP contribution in [0.3, 0.4) is 0 Å². The van der Waals surface area contributed by atoms with Crippen LogP contribution in [0.5, 0.6) is 0 Å². The zero-order valence-corrected chi connectivity index (χ0v) is 17.8. The van der Waals surface area contributed by atoms with Gasteiger partial charge in [0.2, 0.25) is 0 Å². The summed E-state index contributed by atoms with van der Waals surface area (Å²) in [4.78, 5) is 8.58.